The van der Waals surface area contributed by atoms with E-state index >= 15 is 0 Å². The highest BCUT2D eigenvalue weighted by Crippen LogP contribution is 2.18. The molecule has 0 radical (unpaired) electrons. The third-order valence-corrected chi connectivity index (χ3v) is 3.80. The summed E-state index contributed by atoms with van der Waals surface area (Å²) in [6.07, 6.45) is 3.86. The molecule has 0 aromatic carbocycles. The van der Waals surface area contributed by atoms with Crippen molar-refractivity contribution in [3.8, 4) is 0 Å². The van der Waals surface area contributed by atoms with E-state index in [9.17, 15) is 0 Å². The Labute approximate surface area is 121 Å². The van der Waals surface area contributed by atoms with E-state index in [2.05, 4.69) is 32.5 Å². The normalized spacial score (nSPS) is 10.5. The van der Waals surface area contributed by atoms with Crippen LogP contribution in [0.1, 0.15) is 16.8 Å². The van der Waals surface area contributed by atoms with E-state index in [0.29, 0.717) is 6.54 Å². The lowest BCUT2D eigenvalue weighted by atomic mass is 10.5. The minimum Gasteiger partial charge on any atom is -0.370 e. The molecule has 102 valence electrons. The van der Waals surface area contributed by atoms with Crippen LogP contribution in [-0.2, 0) is 6.54 Å². The molecule has 0 unspecified atom stereocenters. The minimum absolute atomic E-state index is 0.689. The van der Waals surface area contributed by atoms with E-state index in [0.717, 1.165) is 28.3 Å². The van der Waals surface area contributed by atoms with Gasteiger partial charge in [0, 0.05) is 23.7 Å². The molecule has 0 saturated carbocycles. The Balaban J connectivity index is 2.08. The number of aryl methyl sites for hydroxylation is 1. The van der Waals surface area contributed by atoms with Gasteiger partial charge in [0.15, 0.2) is 5.16 Å². The Bertz CT molecular complexity index is 541. The Morgan fingerprint density at radius 1 is 1.26 bits per heavy atom. The highest BCUT2D eigenvalue weighted by atomic mass is 32.2. The highest BCUT2D eigenvalue weighted by Gasteiger charge is 2.04. The van der Waals surface area contributed by atoms with Crippen molar-refractivity contribution in [3.05, 3.63) is 22.1 Å². The molecule has 0 bridgehead atoms. The zero-order valence-corrected chi connectivity index (χ0v) is 12.9. The molecule has 2 rings (SSSR count). The third kappa shape index (κ3) is 4.07. The van der Waals surface area contributed by atoms with Crippen LogP contribution < -0.4 is 10.6 Å². The Hall–Kier alpha value is -1.34. The summed E-state index contributed by atoms with van der Waals surface area (Å²) < 4.78 is 0. The maximum absolute atomic E-state index is 4.43. The molecule has 0 aliphatic rings. The van der Waals surface area contributed by atoms with E-state index in [-0.39, 0.29) is 0 Å². The highest BCUT2D eigenvalue weighted by molar-refractivity contribution is 7.98. The summed E-state index contributed by atoms with van der Waals surface area (Å²) >= 11 is 3.23. The van der Waals surface area contributed by atoms with Crippen molar-refractivity contribution in [2.45, 2.75) is 25.5 Å². The van der Waals surface area contributed by atoms with Crippen LogP contribution >= 0.6 is 23.1 Å². The van der Waals surface area contributed by atoms with Gasteiger partial charge < -0.3 is 10.6 Å². The van der Waals surface area contributed by atoms with Crippen LogP contribution in [0.2, 0.25) is 0 Å². The maximum Gasteiger partial charge on any atom is 0.191 e. The second-order valence-electron chi connectivity index (χ2n) is 3.87. The number of nitrogens with zero attached hydrogens (tertiary/aromatic N) is 3. The van der Waals surface area contributed by atoms with Gasteiger partial charge in [0.1, 0.15) is 16.6 Å². The van der Waals surface area contributed by atoms with Crippen molar-refractivity contribution in [3.63, 3.8) is 0 Å². The lowest BCUT2D eigenvalue weighted by molar-refractivity contribution is 0.947. The Morgan fingerprint density at radius 2 is 2.00 bits per heavy atom. The van der Waals surface area contributed by atoms with Crippen LogP contribution in [-0.4, -0.2) is 27.8 Å². The average molecular weight is 295 g/mol. The van der Waals surface area contributed by atoms with Crippen molar-refractivity contribution < 1.29 is 0 Å². The van der Waals surface area contributed by atoms with Gasteiger partial charge in [-0.05, 0) is 20.1 Å². The van der Waals surface area contributed by atoms with Gasteiger partial charge >= 0.3 is 0 Å². The topological polar surface area (TPSA) is 62.7 Å². The number of anilines is 2. The van der Waals surface area contributed by atoms with E-state index in [4.69, 9.17) is 0 Å². The number of aromatic nitrogens is 3. The standard InChI is InChI=1S/C12H17N5S2/c1-4-13-9-5-10(17-12(16-9)18-3)14-7-11-15-6-8(2)19-11/h5-6H,4,7H2,1-3H3,(H2,13,14,16,17). The van der Waals surface area contributed by atoms with Crippen LogP contribution in [0.4, 0.5) is 11.6 Å². The van der Waals surface area contributed by atoms with Crippen LogP contribution in [0.25, 0.3) is 0 Å². The molecule has 0 spiro atoms. The number of rotatable bonds is 6. The fraction of sp³-hybridized carbons (Fsp3) is 0.417. The zero-order valence-electron chi connectivity index (χ0n) is 11.2. The van der Waals surface area contributed by atoms with Crippen LogP contribution in [0.5, 0.6) is 0 Å². The predicted octanol–water partition coefficient (Wildman–Crippen LogP) is 3.01. The number of nitrogens with one attached hydrogen (secondary N) is 2. The van der Waals surface area contributed by atoms with E-state index in [1.165, 1.54) is 16.6 Å². The molecule has 0 amide bonds. The molecule has 0 atom stereocenters. The molecule has 0 aliphatic carbocycles. The van der Waals surface area contributed by atoms with Gasteiger partial charge in [-0.2, -0.15) is 0 Å². The van der Waals surface area contributed by atoms with Gasteiger partial charge in [0.2, 0.25) is 0 Å². The molecule has 2 aromatic rings. The quantitative estimate of drug-likeness (QED) is 0.631. The average Bonchev–Trinajstić information content (AvgIpc) is 2.82. The van der Waals surface area contributed by atoms with E-state index in [1.807, 2.05) is 25.4 Å². The fourth-order valence-corrected chi connectivity index (χ4v) is 2.63. The lowest BCUT2D eigenvalue weighted by Crippen LogP contribution is -2.06. The van der Waals surface area contributed by atoms with Crippen molar-refractivity contribution in [2.24, 2.45) is 0 Å². The Morgan fingerprint density at radius 3 is 2.58 bits per heavy atom. The summed E-state index contributed by atoms with van der Waals surface area (Å²) in [5, 5.41) is 8.32. The number of hydrogen-bond acceptors (Lipinski definition) is 7. The van der Waals surface area contributed by atoms with Crippen LogP contribution in [0.3, 0.4) is 0 Å². The van der Waals surface area contributed by atoms with Crippen LogP contribution in [0, 0.1) is 6.92 Å². The summed E-state index contributed by atoms with van der Waals surface area (Å²) in [5.74, 6) is 1.67. The molecule has 2 aromatic heterocycles. The van der Waals surface area contributed by atoms with Gasteiger partial charge in [-0.3, -0.25) is 0 Å². The first kappa shape index (κ1) is 14.1. The first-order chi connectivity index (χ1) is 9.21. The molecule has 5 nitrogen and oxygen atoms in total. The second-order valence-corrected chi connectivity index (χ2v) is 5.97. The summed E-state index contributed by atoms with van der Waals surface area (Å²) in [7, 11) is 0. The van der Waals surface area contributed by atoms with Crippen molar-refractivity contribution >= 4 is 34.7 Å². The van der Waals surface area contributed by atoms with Gasteiger partial charge in [0.05, 0.1) is 6.54 Å². The van der Waals surface area contributed by atoms with Gasteiger partial charge in [0.25, 0.3) is 0 Å². The second kappa shape index (κ2) is 6.72. The summed E-state index contributed by atoms with van der Waals surface area (Å²) in [6.45, 7) is 5.64. The van der Waals surface area contributed by atoms with Gasteiger partial charge in [-0.1, -0.05) is 11.8 Å². The smallest absolute Gasteiger partial charge is 0.191 e. The molecule has 7 heteroatoms. The maximum atomic E-state index is 4.43. The molecular formula is C12H17N5S2. The summed E-state index contributed by atoms with van der Waals surface area (Å²) in [4.78, 5) is 14.4. The predicted molar refractivity (Wildman–Crippen MR) is 82.2 cm³/mol. The molecule has 19 heavy (non-hydrogen) atoms. The van der Waals surface area contributed by atoms with E-state index in [1.54, 1.807) is 11.3 Å². The third-order valence-electron chi connectivity index (χ3n) is 2.34. The molecule has 0 aliphatic heterocycles. The first-order valence-electron chi connectivity index (χ1n) is 6.03. The molecular weight excluding hydrogens is 278 g/mol. The molecule has 2 N–H and O–H groups in total. The molecule has 0 saturated heterocycles. The number of thiazole rings is 1. The van der Waals surface area contributed by atoms with Crippen molar-refractivity contribution in [2.75, 3.05) is 23.4 Å². The Kier molecular flexibility index (Phi) is 4.98. The van der Waals surface area contributed by atoms with Crippen molar-refractivity contribution in [1.82, 2.24) is 15.0 Å². The van der Waals surface area contributed by atoms with Crippen LogP contribution in [0.15, 0.2) is 17.4 Å². The molecule has 0 fully saturated rings. The minimum atomic E-state index is 0.689. The number of thioether (sulfide) groups is 1. The largest absolute Gasteiger partial charge is 0.370 e. The zero-order chi connectivity index (χ0) is 13.7. The van der Waals surface area contributed by atoms with Gasteiger partial charge in [-0.25, -0.2) is 15.0 Å². The molecule has 2 heterocycles. The SMILES string of the molecule is CCNc1cc(NCc2ncc(C)s2)nc(SC)n1. The monoisotopic (exact) mass is 295 g/mol. The fourth-order valence-electron chi connectivity index (χ4n) is 1.53. The summed E-state index contributed by atoms with van der Waals surface area (Å²) in [5.41, 5.74) is 0. The van der Waals surface area contributed by atoms with Gasteiger partial charge in [-0.15, -0.1) is 11.3 Å². The number of hydrogen-bond donors (Lipinski definition) is 2. The lowest BCUT2D eigenvalue weighted by Gasteiger charge is -2.08. The van der Waals surface area contributed by atoms with Crippen molar-refractivity contribution in [1.29, 1.82) is 0 Å². The summed E-state index contributed by atoms with van der Waals surface area (Å²) in [6, 6.07) is 1.92. The first-order valence-corrected chi connectivity index (χ1v) is 8.07. The van der Waals surface area contributed by atoms with E-state index < -0.39 is 0 Å².